The molecule has 22 heavy (non-hydrogen) atoms. The van der Waals surface area contributed by atoms with E-state index >= 15 is 0 Å². The first-order chi connectivity index (χ1) is 10.8. The number of pyridine rings is 1. The lowest BCUT2D eigenvalue weighted by Crippen LogP contribution is -1.94. The van der Waals surface area contributed by atoms with Gasteiger partial charge in [-0.25, -0.2) is 0 Å². The van der Waals surface area contributed by atoms with Gasteiger partial charge in [0.15, 0.2) is 17.3 Å². The Balaban J connectivity index is 1.81. The number of H-pyrrole nitrogens is 1. The van der Waals surface area contributed by atoms with Gasteiger partial charge in [0.2, 0.25) is 0 Å². The minimum absolute atomic E-state index is 0.663. The molecule has 1 aromatic carbocycles. The van der Waals surface area contributed by atoms with Crippen molar-refractivity contribution in [2.24, 2.45) is 0 Å². The van der Waals surface area contributed by atoms with Crippen molar-refractivity contribution in [3.8, 4) is 22.8 Å². The molecule has 0 amide bonds. The number of nitrogens with zero attached hydrogens (tertiary/aromatic N) is 2. The summed E-state index contributed by atoms with van der Waals surface area (Å²) in [5.41, 5.74) is 2.74. The molecule has 3 rings (SSSR count). The number of aromatic amines is 1. The summed E-state index contributed by atoms with van der Waals surface area (Å²) in [6.07, 6.45) is 3.52. The predicted molar refractivity (Wildman–Crippen MR) is 84.6 cm³/mol. The number of nitrogens with one attached hydrogen (secondary N) is 2. The zero-order valence-electron chi connectivity index (χ0n) is 12.3. The first-order valence-corrected chi connectivity index (χ1v) is 6.75. The number of hydrogen-bond acceptors (Lipinski definition) is 5. The van der Waals surface area contributed by atoms with Gasteiger partial charge in [0, 0.05) is 35.8 Å². The highest BCUT2D eigenvalue weighted by Crippen LogP contribution is 2.31. The number of ether oxygens (including phenoxy) is 2. The predicted octanol–water partition coefficient (Wildman–Crippen LogP) is 3.23. The Morgan fingerprint density at radius 3 is 2.64 bits per heavy atom. The average Bonchev–Trinajstić information content (AvgIpc) is 3.04. The van der Waals surface area contributed by atoms with Gasteiger partial charge in [-0.3, -0.25) is 10.1 Å². The van der Waals surface area contributed by atoms with E-state index in [1.54, 1.807) is 26.6 Å². The second-order valence-corrected chi connectivity index (χ2v) is 4.60. The second kappa shape index (κ2) is 6.17. The van der Waals surface area contributed by atoms with E-state index in [0.29, 0.717) is 17.3 Å². The summed E-state index contributed by atoms with van der Waals surface area (Å²) >= 11 is 0. The van der Waals surface area contributed by atoms with Crippen LogP contribution in [-0.2, 0) is 0 Å². The van der Waals surface area contributed by atoms with Crippen LogP contribution < -0.4 is 14.8 Å². The molecule has 0 aliphatic rings. The lowest BCUT2D eigenvalue weighted by atomic mass is 10.2. The Hall–Kier alpha value is -3.02. The fourth-order valence-electron chi connectivity index (χ4n) is 2.12. The molecule has 0 aliphatic heterocycles. The lowest BCUT2D eigenvalue weighted by Gasteiger charge is -2.09. The molecule has 112 valence electrons. The first-order valence-electron chi connectivity index (χ1n) is 6.75. The number of benzene rings is 1. The van der Waals surface area contributed by atoms with E-state index in [2.05, 4.69) is 20.5 Å². The fraction of sp³-hybridized carbons (Fsp3) is 0.125. The summed E-state index contributed by atoms with van der Waals surface area (Å²) in [6.45, 7) is 0. The molecule has 3 aromatic rings. The summed E-state index contributed by atoms with van der Waals surface area (Å²) in [6, 6.07) is 11.4. The molecule has 2 heterocycles. The number of methoxy groups -OCH3 is 2. The van der Waals surface area contributed by atoms with Gasteiger partial charge >= 0.3 is 0 Å². The zero-order chi connectivity index (χ0) is 15.4. The molecule has 0 aliphatic carbocycles. The van der Waals surface area contributed by atoms with Gasteiger partial charge in [0.1, 0.15) is 0 Å². The molecule has 0 radical (unpaired) electrons. The van der Waals surface area contributed by atoms with Crippen LogP contribution in [0, 0.1) is 0 Å². The van der Waals surface area contributed by atoms with Gasteiger partial charge in [0.25, 0.3) is 0 Å². The van der Waals surface area contributed by atoms with Crippen LogP contribution in [0.25, 0.3) is 11.3 Å². The van der Waals surface area contributed by atoms with Crippen LogP contribution in [0.5, 0.6) is 11.5 Å². The molecule has 2 aromatic heterocycles. The molecule has 6 nitrogen and oxygen atoms in total. The van der Waals surface area contributed by atoms with Gasteiger partial charge < -0.3 is 14.8 Å². The van der Waals surface area contributed by atoms with Crippen molar-refractivity contribution in [2.45, 2.75) is 0 Å². The summed E-state index contributed by atoms with van der Waals surface area (Å²) in [5.74, 6) is 2.06. The highest BCUT2D eigenvalue weighted by Gasteiger charge is 2.07. The van der Waals surface area contributed by atoms with E-state index < -0.39 is 0 Å². The zero-order valence-corrected chi connectivity index (χ0v) is 12.3. The SMILES string of the molecule is COc1ccc(Nc2cc(-c3cccnc3)[nH]n2)cc1OC. The van der Waals surface area contributed by atoms with E-state index in [0.717, 1.165) is 16.9 Å². The molecule has 0 saturated heterocycles. The standard InChI is InChI=1S/C16H16N4O2/c1-21-14-6-5-12(8-15(14)22-2)18-16-9-13(19-20-16)11-4-3-7-17-10-11/h3-10H,1-2H3,(H2,18,19,20). The first kappa shape index (κ1) is 13.9. The second-order valence-electron chi connectivity index (χ2n) is 4.60. The number of rotatable bonds is 5. The maximum atomic E-state index is 5.29. The summed E-state index contributed by atoms with van der Waals surface area (Å²) in [5, 5.41) is 10.5. The van der Waals surface area contributed by atoms with Gasteiger partial charge in [-0.2, -0.15) is 5.10 Å². The van der Waals surface area contributed by atoms with Crippen molar-refractivity contribution in [1.82, 2.24) is 15.2 Å². The van der Waals surface area contributed by atoms with Crippen molar-refractivity contribution in [2.75, 3.05) is 19.5 Å². The number of anilines is 2. The van der Waals surface area contributed by atoms with Crippen LogP contribution in [-0.4, -0.2) is 29.4 Å². The van der Waals surface area contributed by atoms with Crippen molar-refractivity contribution < 1.29 is 9.47 Å². The molecule has 0 spiro atoms. The van der Waals surface area contributed by atoms with Crippen LogP contribution in [0.3, 0.4) is 0 Å². The monoisotopic (exact) mass is 296 g/mol. The molecule has 0 unspecified atom stereocenters. The highest BCUT2D eigenvalue weighted by molar-refractivity contribution is 5.66. The lowest BCUT2D eigenvalue weighted by molar-refractivity contribution is 0.355. The molecular formula is C16H16N4O2. The smallest absolute Gasteiger partial charge is 0.162 e. The Labute approximate surface area is 128 Å². The topological polar surface area (TPSA) is 72.1 Å². The number of hydrogen-bond donors (Lipinski definition) is 2. The number of aromatic nitrogens is 3. The highest BCUT2D eigenvalue weighted by atomic mass is 16.5. The Kier molecular flexibility index (Phi) is 3.91. The van der Waals surface area contributed by atoms with Crippen LogP contribution in [0.15, 0.2) is 48.8 Å². The minimum atomic E-state index is 0.663. The van der Waals surface area contributed by atoms with Gasteiger partial charge in [-0.05, 0) is 24.3 Å². The maximum absolute atomic E-state index is 5.29. The summed E-state index contributed by atoms with van der Waals surface area (Å²) < 4.78 is 10.5. The average molecular weight is 296 g/mol. The summed E-state index contributed by atoms with van der Waals surface area (Å²) in [4.78, 5) is 4.10. The summed E-state index contributed by atoms with van der Waals surface area (Å²) in [7, 11) is 3.22. The quantitative estimate of drug-likeness (QED) is 0.756. The third kappa shape index (κ3) is 2.85. The van der Waals surface area contributed by atoms with Crippen LogP contribution in [0.4, 0.5) is 11.5 Å². The molecule has 0 atom stereocenters. The van der Waals surface area contributed by atoms with E-state index in [-0.39, 0.29) is 0 Å². The molecule has 2 N–H and O–H groups in total. The Morgan fingerprint density at radius 2 is 1.91 bits per heavy atom. The van der Waals surface area contributed by atoms with Gasteiger partial charge in [-0.1, -0.05) is 0 Å². The third-order valence-electron chi connectivity index (χ3n) is 3.21. The Morgan fingerprint density at radius 1 is 1.05 bits per heavy atom. The van der Waals surface area contributed by atoms with E-state index in [1.165, 1.54) is 0 Å². The maximum Gasteiger partial charge on any atom is 0.162 e. The molecule has 6 heteroatoms. The van der Waals surface area contributed by atoms with Crippen molar-refractivity contribution in [3.63, 3.8) is 0 Å². The fourth-order valence-corrected chi connectivity index (χ4v) is 2.12. The van der Waals surface area contributed by atoms with Crippen LogP contribution >= 0.6 is 0 Å². The molecule has 0 fully saturated rings. The normalized spacial score (nSPS) is 10.3. The minimum Gasteiger partial charge on any atom is -0.493 e. The molecule has 0 saturated carbocycles. The van der Waals surface area contributed by atoms with Crippen molar-refractivity contribution in [1.29, 1.82) is 0 Å². The van der Waals surface area contributed by atoms with E-state index in [1.807, 2.05) is 36.4 Å². The largest absolute Gasteiger partial charge is 0.493 e. The van der Waals surface area contributed by atoms with Gasteiger partial charge in [0.05, 0.1) is 19.9 Å². The Bertz CT molecular complexity index is 756. The van der Waals surface area contributed by atoms with E-state index in [4.69, 9.17) is 9.47 Å². The van der Waals surface area contributed by atoms with Gasteiger partial charge in [-0.15, -0.1) is 0 Å². The van der Waals surface area contributed by atoms with Crippen LogP contribution in [0.2, 0.25) is 0 Å². The molecular weight excluding hydrogens is 280 g/mol. The third-order valence-corrected chi connectivity index (χ3v) is 3.21. The molecule has 0 bridgehead atoms. The van der Waals surface area contributed by atoms with Crippen molar-refractivity contribution >= 4 is 11.5 Å². The van der Waals surface area contributed by atoms with Crippen molar-refractivity contribution in [3.05, 3.63) is 48.8 Å². The van der Waals surface area contributed by atoms with E-state index in [9.17, 15) is 0 Å². The van der Waals surface area contributed by atoms with Crippen LogP contribution in [0.1, 0.15) is 0 Å².